The molecule has 8 heteroatoms. The van der Waals surface area contributed by atoms with Gasteiger partial charge < -0.3 is 5.32 Å². The maximum Gasteiger partial charge on any atom is 0.315 e. The van der Waals surface area contributed by atoms with Gasteiger partial charge in [-0.3, -0.25) is 19.9 Å². The predicted molar refractivity (Wildman–Crippen MR) is 67.9 cm³/mol. The quantitative estimate of drug-likeness (QED) is 0.760. The molecule has 1 aliphatic rings. The summed E-state index contributed by atoms with van der Waals surface area (Å²) in [6.45, 7) is 0.570. The van der Waals surface area contributed by atoms with Crippen molar-refractivity contribution in [3.05, 3.63) is 29.8 Å². The van der Waals surface area contributed by atoms with Crippen molar-refractivity contribution in [2.24, 2.45) is 4.99 Å². The first-order valence-corrected chi connectivity index (χ1v) is 6.29. The van der Waals surface area contributed by atoms with Crippen molar-refractivity contribution in [2.75, 3.05) is 17.6 Å². The SMILES string of the molecule is O=C(NC1=NCCS1)C(=O)Nc1cc(F)ccc1F. The van der Waals surface area contributed by atoms with Crippen molar-refractivity contribution in [2.45, 2.75) is 0 Å². The molecule has 0 bridgehead atoms. The van der Waals surface area contributed by atoms with Crippen molar-refractivity contribution in [3.63, 3.8) is 0 Å². The molecule has 0 fully saturated rings. The van der Waals surface area contributed by atoms with Gasteiger partial charge in [0.2, 0.25) is 0 Å². The summed E-state index contributed by atoms with van der Waals surface area (Å²) in [6.07, 6.45) is 0. The van der Waals surface area contributed by atoms with Crippen molar-refractivity contribution < 1.29 is 18.4 Å². The van der Waals surface area contributed by atoms with Gasteiger partial charge in [-0.2, -0.15) is 0 Å². The monoisotopic (exact) mass is 285 g/mol. The lowest BCUT2D eigenvalue weighted by atomic mass is 10.3. The molecule has 19 heavy (non-hydrogen) atoms. The smallest absolute Gasteiger partial charge is 0.315 e. The molecular weight excluding hydrogens is 276 g/mol. The lowest BCUT2D eigenvalue weighted by Gasteiger charge is -2.06. The third-order valence-electron chi connectivity index (χ3n) is 2.19. The minimum absolute atomic E-state index is 0.347. The van der Waals surface area contributed by atoms with Crippen LogP contribution in [0, 0.1) is 11.6 Å². The summed E-state index contributed by atoms with van der Waals surface area (Å²) >= 11 is 1.30. The number of benzene rings is 1. The number of hydrogen-bond donors (Lipinski definition) is 2. The predicted octanol–water partition coefficient (Wildman–Crippen LogP) is 1.12. The molecule has 1 aromatic rings. The van der Waals surface area contributed by atoms with Crippen molar-refractivity contribution in [1.82, 2.24) is 5.32 Å². The first-order valence-electron chi connectivity index (χ1n) is 5.31. The molecule has 0 aromatic heterocycles. The minimum Gasteiger partial charge on any atom is -0.315 e. The number of amidine groups is 1. The van der Waals surface area contributed by atoms with Crippen LogP contribution >= 0.6 is 11.8 Å². The van der Waals surface area contributed by atoms with Crippen LogP contribution < -0.4 is 10.6 Å². The fourth-order valence-electron chi connectivity index (χ4n) is 1.34. The molecule has 0 atom stereocenters. The Bertz CT molecular complexity index is 563. The van der Waals surface area contributed by atoms with Gasteiger partial charge in [0.05, 0.1) is 12.2 Å². The third-order valence-corrected chi connectivity index (χ3v) is 3.08. The van der Waals surface area contributed by atoms with E-state index < -0.39 is 23.4 Å². The molecule has 2 rings (SSSR count). The first kappa shape index (κ1) is 13.5. The normalized spacial score (nSPS) is 13.9. The van der Waals surface area contributed by atoms with Gasteiger partial charge in [-0.15, -0.1) is 0 Å². The van der Waals surface area contributed by atoms with E-state index in [1.807, 2.05) is 5.32 Å². The number of carbonyl (C=O) groups excluding carboxylic acids is 2. The molecule has 5 nitrogen and oxygen atoms in total. The molecule has 0 saturated heterocycles. The van der Waals surface area contributed by atoms with E-state index in [-0.39, 0.29) is 5.69 Å². The van der Waals surface area contributed by atoms with Gasteiger partial charge in [0.25, 0.3) is 0 Å². The maximum atomic E-state index is 13.3. The molecule has 2 amide bonds. The van der Waals surface area contributed by atoms with E-state index in [0.717, 1.165) is 24.0 Å². The number of anilines is 1. The minimum atomic E-state index is -1.08. The molecule has 0 aliphatic carbocycles. The second-order valence-corrected chi connectivity index (χ2v) is 4.65. The van der Waals surface area contributed by atoms with E-state index >= 15 is 0 Å². The molecule has 0 unspecified atom stereocenters. The van der Waals surface area contributed by atoms with Crippen molar-refractivity contribution in [1.29, 1.82) is 0 Å². The molecule has 0 saturated carbocycles. The Morgan fingerprint density at radius 2 is 1.95 bits per heavy atom. The fraction of sp³-hybridized carbons (Fsp3) is 0.182. The average Bonchev–Trinajstić information content (AvgIpc) is 2.86. The highest BCUT2D eigenvalue weighted by Crippen LogP contribution is 2.15. The molecule has 100 valence electrons. The number of halogens is 2. The van der Waals surface area contributed by atoms with Gasteiger partial charge in [0.1, 0.15) is 11.6 Å². The van der Waals surface area contributed by atoms with Crippen LogP contribution in [0.1, 0.15) is 0 Å². The van der Waals surface area contributed by atoms with E-state index in [0.29, 0.717) is 11.7 Å². The second-order valence-electron chi connectivity index (χ2n) is 3.57. The second kappa shape index (κ2) is 5.79. The number of rotatable bonds is 1. The van der Waals surface area contributed by atoms with E-state index in [1.54, 1.807) is 0 Å². The zero-order valence-electron chi connectivity index (χ0n) is 9.57. The van der Waals surface area contributed by atoms with Gasteiger partial charge in [-0.1, -0.05) is 11.8 Å². The van der Waals surface area contributed by atoms with Crippen LogP contribution in [0.25, 0.3) is 0 Å². The number of nitrogens with zero attached hydrogens (tertiary/aromatic N) is 1. The molecular formula is C11H9F2N3O2S. The summed E-state index contributed by atoms with van der Waals surface area (Å²) in [5.74, 6) is -2.87. The fourth-order valence-corrected chi connectivity index (χ4v) is 2.06. The van der Waals surface area contributed by atoms with Crippen LogP contribution in [0.15, 0.2) is 23.2 Å². The lowest BCUT2D eigenvalue weighted by molar-refractivity contribution is -0.135. The Morgan fingerprint density at radius 1 is 1.21 bits per heavy atom. The molecule has 0 radical (unpaired) electrons. The third kappa shape index (κ3) is 3.50. The average molecular weight is 285 g/mol. The van der Waals surface area contributed by atoms with Gasteiger partial charge in [-0.05, 0) is 12.1 Å². The highest BCUT2D eigenvalue weighted by molar-refractivity contribution is 8.14. The van der Waals surface area contributed by atoms with Gasteiger partial charge in [0, 0.05) is 11.8 Å². The van der Waals surface area contributed by atoms with Crippen LogP contribution in [0.4, 0.5) is 14.5 Å². The number of carbonyl (C=O) groups is 2. The Labute approximate surface area is 111 Å². The van der Waals surface area contributed by atoms with Crippen LogP contribution in [-0.4, -0.2) is 29.3 Å². The van der Waals surface area contributed by atoms with Gasteiger partial charge >= 0.3 is 11.8 Å². The summed E-state index contributed by atoms with van der Waals surface area (Å²) in [5.41, 5.74) is -0.388. The van der Waals surface area contributed by atoms with Crippen LogP contribution in [0.2, 0.25) is 0 Å². The highest BCUT2D eigenvalue weighted by atomic mass is 32.2. The Balaban J connectivity index is 2.00. The summed E-state index contributed by atoms with van der Waals surface area (Å²) in [7, 11) is 0. The summed E-state index contributed by atoms with van der Waals surface area (Å²) in [5, 5.41) is 4.62. The standard InChI is InChI=1S/C11H9F2N3O2S/c12-6-1-2-7(13)8(5-6)15-9(17)10(18)16-11-14-3-4-19-11/h1-2,5H,3-4H2,(H,15,17)(H,14,16,18). The van der Waals surface area contributed by atoms with E-state index in [9.17, 15) is 18.4 Å². The topological polar surface area (TPSA) is 70.6 Å². The van der Waals surface area contributed by atoms with Gasteiger partial charge in [-0.25, -0.2) is 8.78 Å². The number of hydrogen-bond acceptors (Lipinski definition) is 4. The van der Waals surface area contributed by atoms with E-state index in [1.165, 1.54) is 11.8 Å². The Hall–Kier alpha value is -1.96. The van der Waals surface area contributed by atoms with Gasteiger partial charge in [0.15, 0.2) is 5.17 Å². The van der Waals surface area contributed by atoms with Crippen LogP contribution in [-0.2, 0) is 9.59 Å². The molecule has 1 aliphatic heterocycles. The lowest BCUT2D eigenvalue weighted by Crippen LogP contribution is -2.37. The van der Waals surface area contributed by atoms with E-state index in [4.69, 9.17) is 0 Å². The zero-order valence-corrected chi connectivity index (χ0v) is 10.4. The molecule has 1 heterocycles. The van der Waals surface area contributed by atoms with Crippen LogP contribution in [0.5, 0.6) is 0 Å². The number of aliphatic imine (C=N–C) groups is 1. The zero-order chi connectivity index (χ0) is 13.8. The number of nitrogens with one attached hydrogen (secondary N) is 2. The number of thioether (sulfide) groups is 1. The molecule has 0 spiro atoms. The maximum absolute atomic E-state index is 13.3. The summed E-state index contributed by atoms with van der Waals surface area (Å²) in [6, 6.07) is 2.57. The first-order chi connectivity index (χ1) is 9.06. The number of amides is 2. The summed E-state index contributed by atoms with van der Waals surface area (Å²) < 4.78 is 26.1. The van der Waals surface area contributed by atoms with Crippen molar-refractivity contribution in [3.8, 4) is 0 Å². The molecule has 2 N–H and O–H groups in total. The van der Waals surface area contributed by atoms with E-state index in [2.05, 4.69) is 10.3 Å². The Morgan fingerprint density at radius 3 is 2.63 bits per heavy atom. The Kier molecular flexibility index (Phi) is 4.10. The van der Waals surface area contributed by atoms with Crippen LogP contribution in [0.3, 0.4) is 0 Å². The largest absolute Gasteiger partial charge is 0.315 e. The summed E-state index contributed by atoms with van der Waals surface area (Å²) in [4.78, 5) is 26.9. The van der Waals surface area contributed by atoms with Crippen molar-refractivity contribution >= 4 is 34.4 Å². The highest BCUT2D eigenvalue weighted by Gasteiger charge is 2.19. The molecule has 1 aromatic carbocycles.